The Morgan fingerprint density at radius 1 is 0.324 bits per heavy atom. The lowest BCUT2D eigenvalue weighted by molar-refractivity contribution is -0.155. The average molecular weight is 940 g/mol. The maximum atomic E-state index is 12.6. The van der Waals surface area contributed by atoms with Crippen LogP contribution >= 0.6 is 0 Å². The molecule has 0 amide bonds. The molecule has 5 nitrogen and oxygen atoms in total. The van der Waals surface area contributed by atoms with Crippen molar-refractivity contribution in [2.24, 2.45) is 0 Å². The SMILES string of the molecule is CC/C=C\C/C=C\C/C=C\C/C=C\C/C=C\C/C=C\CCC(=O)OC[C@H](COC(=O)CCC/C=C\C/C=C\C/C=C\C/C=C\C/C=C\CC)OCCCCCCCCCCCCCCCCCC. The fourth-order valence-electron chi connectivity index (χ4n) is 7.13. The number of allylic oxidation sites excluding steroid dienone is 22. The van der Waals surface area contributed by atoms with Gasteiger partial charge in [0.1, 0.15) is 19.3 Å². The number of carbonyl (C=O) groups excluding carboxylic acids is 2. The predicted molar refractivity (Wildman–Crippen MR) is 297 cm³/mol. The van der Waals surface area contributed by atoms with Gasteiger partial charge in [0.2, 0.25) is 0 Å². The molecule has 0 saturated heterocycles. The summed E-state index contributed by atoms with van der Waals surface area (Å²) in [5.74, 6) is -0.499. The highest BCUT2D eigenvalue weighted by Crippen LogP contribution is 2.14. The number of rotatable bonds is 49. The number of unbranched alkanes of at least 4 members (excludes halogenated alkanes) is 16. The highest BCUT2D eigenvalue weighted by atomic mass is 16.6. The molecule has 1 atom stereocenters. The molecule has 0 aromatic carbocycles. The lowest BCUT2D eigenvalue weighted by Crippen LogP contribution is -2.29. The maximum absolute atomic E-state index is 12.6. The van der Waals surface area contributed by atoms with Crippen LogP contribution in [-0.4, -0.2) is 37.9 Å². The van der Waals surface area contributed by atoms with Gasteiger partial charge in [-0.1, -0.05) is 251 Å². The van der Waals surface area contributed by atoms with Crippen LogP contribution < -0.4 is 0 Å². The summed E-state index contributed by atoms with van der Waals surface area (Å²) in [6, 6.07) is 0. The van der Waals surface area contributed by atoms with E-state index in [2.05, 4.69) is 148 Å². The zero-order valence-electron chi connectivity index (χ0n) is 44.1. The Hall–Kier alpha value is -3.96. The van der Waals surface area contributed by atoms with Crippen LogP contribution in [0.25, 0.3) is 0 Å². The van der Waals surface area contributed by atoms with Crippen LogP contribution in [0.5, 0.6) is 0 Å². The van der Waals surface area contributed by atoms with E-state index in [1.165, 1.54) is 89.9 Å². The van der Waals surface area contributed by atoms with Crippen molar-refractivity contribution in [2.75, 3.05) is 19.8 Å². The van der Waals surface area contributed by atoms with Gasteiger partial charge in [-0.2, -0.15) is 0 Å². The summed E-state index contributed by atoms with van der Waals surface area (Å²) in [4.78, 5) is 25.2. The molecule has 0 spiro atoms. The van der Waals surface area contributed by atoms with Crippen molar-refractivity contribution >= 4 is 11.9 Å². The number of esters is 2. The van der Waals surface area contributed by atoms with Crippen molar-refractivity contribution in [3.63, 3.8) is 0 Å². The third-order valence-electron chi connectivity index (χ3n) is 11.2. The minimum Gasteiger partial charge on any atom is -0.463 e. The normalized spacial score (nSPS) is 13.3. The number of carbonyl (C=O) groups is 2. The molecular formula is C63H102O5. The van der Waals surface area contributed by atoms with Gasteiger partial charge in [0, 0.05) is 19.4 Å². The fraction of sp³-hybridized carbons (Fsp3) is 0.619. The van der Waals surface area contributed by atoms with Crippen molar-refractivity contribution in [1.29, 1.82) is 0 Å². The van der Waals surface area contributed by atoms with Gasteiger partial charge in [-0.3, -0.25) is 9.59 Å². The Morgan fingerprint density at radius 2 is 0.618 bits per heavy atom. The molecule has 68 heavy (non-hydrogen) atoms. The number of hydrogen-bond acceptors (Lipinski definition) is 5. The zero-order chi connectivity index (χ0) is 49.2. The Bertz CT molecular complexity index is 1430. The minimum absolute atomic E-state index is 0.0920. The van der Waals surface area contributed by atoms with Crippen LogP contribution in [0, 0.1) is 0 Å². The Labute approximate surface area is 419 Å². The van der Waals surface area contributed by atoms with E-state index in [1.807, 2.05) is 6.08 Å². The first-order valence-corrected chi connectivity index (χ1v) is 27.7. The second kappa shape index (κ2) is 57.4. The van der Waals surface area contributed by atoms with Crippen molar-refractivity contribution < 1.29 is 23.8 Å². The third-order valence-corrected chi connectivity index (χ3v) is 11.2. The first-order valence-electron chi connectivity index (χ1n) is 27.7. The van der Waals surface area contributed by atoms with Crippen LogP contribution in [0.15, 0.2) is 134 Å². The third kappa shape index (κ3) is 54.6. The van der Waals surface area contributed by atoms with Crippen LogP contribution in [0.1, 0.15) is 226 Å². The summed E-state index contributed by atoms with van der Waals surface area (Å²) in [7, 11) is 0. The molecule has 0 aromatic rings. The lowest BCUT2D eigenvalue weighted by atomic mass is 10.0. The van der Waals surface area contributed by atoms with E-state index in [-0.39, 0.29) is 25.2 Å². The predicted octanol–water partition coefficient (Wildman–Crippen LogP) is 19.1. The Kier molecular flexibility index (Phi) is 54.0. The highest BCUT2D eigenvalue weighted by molar-refractivity contribution is 5.70. The highest BCUT2D eigenvalue weighted by Gasteiger charge is 2.15. The molecule has 0 unspecified atom stereocenters. The van der Waals surface area contributed by atoms with Crippen LogP contribution in [0.4, 0.5) is 0 Å². The summed E-state index contributed by atoms with van der Waals surface area (Å²) in [5.41, 5.74) is 0. The summed E-state index contributed by atoms with van der Waals surface area (Å²) >= 11 is 0. The van der Waals surface area contributed by atoms with Crippen molar-refractivity contribution in [2.45, 2.75) is 232 Å². The van der Waals surface area contributed by atoms with Gasteiger partial charge in [-0.15, -0.1) is 0 Å². The van der Waals surface area contributed by atoms with Gasteiger partial charge in [0.25, 0.3) is 0 Å². The molecule has 0 radical (unpaired) electrons. The molecule has 0 fully saturated rings. The van der Waals surface area contributed by atoms with Gasteiger partial charge in [-0.25, -0.2) is 0 Å². The van der Waals surface area contributed by atoms with Gasteiger partial charge in [0.05, 0.1) is 0 Å². The summed E-state index contributed by atoms with van der Waals surface area (Å²) in [6.07, 6.45) is 82.2. The van der Waals surface area contributed by atoms with E-state index in [1.54, 1.807) is 0 Å². The van der Waals surface area contributed by atoms with Crippen LogP contribution in [0.3, 0.4) is 0 Å². The van der Waals surface area contributed by atoms with Crippen molar-refractivity contribution in [1.82, 2.24) is 0 Å². The van der Waals surface area contributed by atoms with Crippen LogP contribution in [0.2, 0.25) is 0 Å². The smallest absolute Gasteiger partial charge is 0.306 e. The molecule has 0 N–H and O–H groups in total. The molecule has 0 aromatic heterocycles. The summed E-state index contributed by atoms with van der Waals surface area (Å²) in [5, 5.41) is 0. The van der Waals surface area contributed by atoms with E-state index in [4.69, 9.17) is 14.2 Å². The second-order valence-corrected chi connectivity index (χ2v) is 17.7. The lowest BCUT2D eigenvalue weighted by Gasteiger charge is -2.18. The van der Waals surface area contributed by atoms with E-state index < -0.39 is 6.10 Å². The molecule has 0 rings (SSSR count). The standard InChI is InChI=1S/C63H102O5/c1-4-7-10-13-16-19-22-25-28-31-32-34-36-39-42-45-48-51-54-57-63(65)68-60-61(66-58-55-52-49-46-43-40-37-30-27-24-21-18-15-12-9-6-3)59-67-62(64)56-53-50-47-44-41-38-35-33-29-26-23-20-17-14-11-8-5-2/h7-8,10-11,16-17,19-20,25-26,28-29,32,34-35,38-39,42,44,47-48,51,61H,4-6,9,12-15,18,21-24,27,30-31,33,36-37,40-41,43,45-46,49-50,52-60H2,1-3H3/b10-7-,11-8-,19-16-,20-17-,28-25-,29-26-,34-32-,38-35-,42-39-,47-44-,51-48-/t61-/m0/s1. The molecule has 0 aliphatic rings. The Balaban J connectivity index is 4.48. The second-order valence-electron chi connectivity index (χ2n) is 17.7. The topological polar surface area (TPSA) is 61.8 Å². The molecule has 384 valence electrons. The quantitative estimate of drug-likeness (QED) is 0.0345. The summed E-state index contributed by atoms with van der Waals surface area (Å²) < 4.78 is 17.4. The molecule has 0 saturated carbocycles. The van der Waals surface area contributed by atoms with E-state index in [9.17, 15) is 9.59 Å². The van der Waals surface area contributed by atoms with Gasteiger partial charge >= 0.3 is 11.9 Å². The van der Waals surface area contributed by atoms with Crippen molar-refractivity contribution in [3.05, 3.63) is 134 Å². The van der Waals surface area contributed by atoms with Gasteiger partial charge in [-0.05, 0) is 96.3 Å². The van der Waals surface area contributed by atoms with Gasteiger partial charge in [0.15, 0.2) is 0 Å². The first kappa shape index (κ1) is 64.0. The largest absolute Gasteiger partial charge is 0.463 e. The maximum Gasteiger partial charge on any atom is 0.306 e. The van der Waals surface area contributed by atoms with Gasteiger partial charge < -0.3 is 14.2 Å². The molecule has 0 aliphatic carbocycles. The molecule has 0 aliphatic heterocycles. The number of ether oxygens (including phenoxy) is 3. The zero-order valence-corrected chi connectivity index (χ0v) is 44.1. The fourth-order valence-corrected chi connectivity index (χ4v) is 7.13. The monoisotopic (exact) mass is 939 g/mol. The number of hydrogen-bond donors (Lipinski definition) is 0. The molecule has 0 bridgehead atoms. The molecule has 5 heteroatoms. The van der Waals surface area contributed by atoms with Crippen molar-refractivity contribution in [3.8, 4) is 0 Å². The molecule has 0 heterocycles. The Morgan fingerprint density at radius 3 is 0.971 bits per heavy atom. The molecular weight excluding hydrogens is 837 g/mol. The summed E-state index contributed by atoms with van der Waals surface area (Å²) in [6.45, 7) is 7.35. The van der Waals surface area contributed by atoms with E-state index >= 15 is 0 Å². The average Bonchev–Trinajstić information content (AvgIpc) is 3.34. The van der Waals surface area contributed by atoms with E-state index in [0.717, 1.165) is 96.3 Å². The van der Waals surface area contributed by atoms with E-state index in [0.29, 0.717) is 25.9 Å². The first-order chi connectivity index (χ1) is 33.6. The minimum atomic E-state index is -0.462. The van der Waals surface area contributed by atoms with Crippen LogP contribution in [-0.2, 0) is 23.8 Å².